The van der Waals surface area contributed by atoms with Gasteiger partial charge in [0.1, 0.15) is 11.5 Å². The van der Waals surface area contributed by atoms with Gasteiger partial charge in [0.25, 0.3) is 0 Å². The molecule has 0 aliphatic rings. The molecule has 0 aliphatic heterocycles. The third-order valence-electron chi connectivity index (χ3n) is 4.02. The van der Waals surface area contributed by atoms with Gasteiger partial charge in [-0.25, -0.2) is 0 Å². The van der Waals surface area contributed by atoms with Crippen LogP contribution in [0.1, 0.15) is 50.7 Å². The van der Waals surface area contributed by atoms with E-state index in [0.717, 1.165) is 24.0 Å². The van der Waals surface area contributed by atoms with E-state index in [1.807, 2.05) is 12.1 Å². The van der Waals surface area contributed by atoms with Crippen LogP contribution in [0.25, 0.3) is 0 Å². The zero-order valence-corrected chi connectivity index (χ0v) is 14.4. The lowest BCUT2D eigenvalue weighted by molar-refractivity contribution is 0.231. The lowest BCUT2D eigenvalue weighted by Crippen LogP contribution is -2.12. The SMILES string of the molecule is CCCCC(CC)COc1cc(CC#N)c(OC)cc1CC#N. The van der Waals surface area contributed by atoms with Crippen LogP contribution in [0.15, 0.2) is 12.1 Å². The molecule has 4 heteroatoms. The molecule has 0 saturated carbocycles. The van der Waals surface area contributed by atoms with Gasteiger partial charge in [-0.2, -0.15) is 10.5 Å². The van der Waals surface area contributed by atoms with Crippen molar-refractivity contribution in [3.8, 4) is 23.6 Å². The van der Waals surface area contributed by atoms with Crippen molar-refractivity contribution in [2.75, 3.05) is 13.7 Å². The molecule has 1 aromatic rings. The summed E-state index contributed by atoms with van der Waals surface area (Å²) in [5, 5.41) is 18.0. The first-order chi connectivity index (χ1) is 11.2. The van der Waals surface area contributed by atoms with Crippen LogP contribution in [0.3, 0.4) is 0 Å². The number of nitrogens with zero attached hydrogens (tertiary/aromatic N) is 2. The Labute approximate surface area is 139 Å². The second-order valence-electron chi connectivity index (χ2n) is 5.67. The molecule has 0 radical (unpaired) electrons. The minimum absolute atomic E-state index is 0.263. The monoisotopic (exact) mass is 314 g/mol. The summed E-state index contributed by atoms with van der Waals surface area (Å²) in [5.41, 5.74) is 1.62. The molecule has 1 atom stereocenters. The number of ether oxygens (including phenoxy) is 2. The van der Waals surface area contributed by atoms with Crippen LogP contribution in [0.4, 0.5) is 0 Å². The first kappa shape index (κ1) is 18.8. The largest absolute Gasteiger partial charge is 0.496 e. The second-order valence-corrected chi connectivity index (χ2v) is 5.67. The predicted molar refractivity (Wildman–Crippen MR) is 90.4 cm³/mol. The van der Waals surface area contributed by atoms with Crippen molar-refractivity contribution in [2.45, 2.75) is 52.4 Å². The number of benzene rings is 1. The summed E-state index contributed by atoms with van der Waals surface area (Å²) >= 11 is 0. The van der Waals surface area contributed by atoms with Crippen LogP contribution >= 0.6 is 0 Å². The molecular formula is C19H26N2O2. The molecule has 0 spiro atoms. The fraction of sp³-hybridized carbons (Fsp3) is 0.579. The third-order valence-corrected chi connectivity index (χ3v) is 4.02. The molecule has 0 heterocycles. The number of nitriles is 2. The fourth-order valence-electron chi connectivity index (χ4n) is 2.52. The molecule has 0 bridgehead atoms. The minimum atomic E-state index is 0.263. The van der Waals surface area contributed by atoms with E-state index in [2.05, 4.69) is 26.0 Å². The Kier molecular flexibility index (Phi) is 8.62. The van der Waals surface area contributed by atoms with Crippen molar-refractivity contribution in [2.24, 2.45) is 5.92 Å². The highest BCUT2D eigenvalue weighted by molar-refractivity contribution is 5.48. The molecule has 124 valence electrons. The Morgan fingerprint density at radius 1 is 1.04 bits per heavy atom. The van der Waals surface area contributed by atoms with Crippen molar-refractivity contribution in [1.29, 1.82) is 10.5 Å². The summed E-state index contributed by atoms with van der Waals surface area (Å²) in [6, 6.07) is 7.97. The first-order valence-corrected chi connectivity index (χ1v) is 8.26. The number of rotatable bonds is 10. The molecule has 1 unspecified atom stereocenters. The Morgan fingerprint density at radius 2 is 1.65 bits per heavy atom. The molecule has 1 aromatic carbocycles. The van der Waals surface area contributed by atoms with E-state index in [1.165, 1.54) is 12.8 Å². The molecule has 23 heavy (non-hydrogen) atoms. The number of unbranched alkanes of at least 4 members (excludes halogenated alkanes) is 1. The number of hydrogen-bond acceptors (Lipinski definition) is 4. The summed E-state index contributed by atoms with van der Waals surface area (Å²) < 4.78 is 11.3. The number of hydrogen-bond donors (Lipinski definition) is 0. The normalized spacial score (nSPS) is 11.3. The summed E-state index contributed by atoms with van der Waals surface area (Å²) in [7, 11) is 1.57. The second kappa shape index (κ2) is 10.5. The fourth-order valence-corrected chi connectivity index (χ4v) is 2.52. The van der Waals surface area contributed by atoms with Gasteiger partial charge in [0.2, 0.25) is 0 Å². The predicted octanol–water partition coefficient (Wildman–Crippen LogP) is 4.42. The van der Waals surface area contributed by atoms with Crippen LogP contribution < -0.4 is 9.47 Å². The van der Waals surface area contributed by atoms with E-state index >= 15 is 0 Å². The Morgan fingerprint density at radius 3 is 2.17 bits per heavy atom. The van der Waals surface area contributed by atoms with E-state index in [0.29, 0.717) is 24.0 Å². The summed E-state index contributed by atoms with van der Waals surface area (Å²) in [4.78, 5) is 0. The highest BCUT2D eigenvalue weighted by atomic mass is 16.5. The van der Waals surface area contributed by atoms with Crippen LogP contribution in [-0.2, 0) is 12.8 Å². The Bertz CT molecular complexity index is 570. The average Bonchev–Trinajstić information content (AvgIpc) is 2.57. The summed E-state index contributed by atoms with van der Waals surface area (Å²) in [5.74, 6) is 1.86. The van der Waals surface area contributed by atoms with Gasteiger partial charge in [0.15, 0.2) is 0 Å². The van der Waals surface area contributed by atoms with Crippen LogP contribution in [-0.4, -0.2) is 13.7 Å². The van der Waals surface area contributed by atoms with Gasteiger partial charge >= 0.3 is 0 Å². The van der Waals surface area contributed by atoms with E-state index in [4.69, 9.17) is 20.0 Å². The van der Waals surface area contributed by atoms with Crippen LogP contribution in [0.5, 0.6) is 11.5 Å². The zero-order valence-electron chi connectivity index (χ0n) is 14.4. The van der Waals surface area contributed by atoms with Crippen molar-refractivity contribution < 1.29 is 9.47 Å². The van der Waals surface area contributed by atoms with Gasteiger partial charge in [-0.05, 0) is 24.5 Å². The highest BCUT2D eigenvalue weighted by Gasteiger charge is 2.14. The molecular weight excluding hydrogens is 288 g/mol. The van der Waals surface area contributed by atoms with E-state index in [1.54, 1.807) is 7.11 Å². The lowest BCUT2D eigenvalue weighted by atomic mass is 10.0. The van der Waals surface area contributed by atoms with E-state index in [9.17, 15) is 0 Å². The minimum Gasteiger partial charge on any atom is -0.496 e. The molecule has 0 amide bonds. The molecule has 0 aliphatic carbocycles. The summed E-state index contributed by atoms with van der Waals surface area (Å²) in [6.07, 6.45) is 5.15. The van der Waals surface area contributed by atoms with Gasteiger partial charge in [0, 0.05) is 11.1 Å². The highest BCUT2D eigenvalue weighted by Crippen LogP contribution is 2.30. The van der Waals surface area contributed by atoms with Gasteiger partial charge in [0.05, 0.1) is 38.7 Å². The van der Waals surface area contributed by atoms with E-state index < -0.39 is 0 Å². The van der Waals surface area contributed by atoms with E-state index in [-0.39, 0.29) is 12.8 Å². The molecule has 0 aromatic heterocycles. The molecule has 0 fully saturated rings. The Balaban J connectivity index is 2.96. The van der Waals surface area contributed by atoms with Gasteiger partial charge < -0.3 is 9.47 Å². The first-order valence-electron chi connectivity index (χ1n) is 8.26. The van der Waals surface area contributed by atoms with Crippen molar-refractivity contribution in [1.82, 2.24) is 0 Å². The van der Waals surface area contributed by atoms with Crippen LogP contribution in [0, 0.1) is 28.6 Å². The lowest BCUT2D eigenvalue weighted by Gasteiger charge is -2.18. The maximum atomic E-state index is 9.02. The maximum Gasteiger partial charge on any atom is 0.124 e. The standard InChI is InChI=1S/C19H26N2O2/c1-4-6-7-15(5-2)14-23-19-13-16(8-10-20)18(22-3)12-17(19)9-11-21/h12-13,15H,4-9,14H2,1-3H3. The quantitative estimate of drug-likeness (QED) is 0.641. The van der Waals surface area contributed by atoms with Gasteiger partial charge in [-0.15, -0.1) is 0 Å². The van der Waals surface area contributed by atoms with Gasteiger partial charge in [-0.1, -0.05) is 33.1 Å². The molecule has 0 N–H and O–H groups in total. The topological polar surface area (TPSA) is 66.0 Å². The maximum absolute atomic E-state index is 9.02. The van der Waals surface area contributed by atoms with Crippen LogP contribution in [0.2, 0.25) is 0 Å². The summed E-state index contributed by atoms with van der Waals surface area (Å²) in [6.45, 7) is 5.01. The zero-order chi connectivity index (χ0) is 17.1. The Hall–Kier alpha value is -2.20. The smallest absolute Gasteiger partial charge is 0.124 e. The molecule has 1 rings (SSSR count). The average molecular weight is 314 g/mol. The van der Waals surface area contributed by atoms with Gasteiger partial charge in [-0.3, -0.25) is 0 Å². The number of methoxy groups -OCH3 is 1. The van der Waals surface area contributed by atoms with Crippen molar-refractivity contribution in [3.05, 3.63) is 23.3 Å². The van der Waals surface area contributed by atoms with Crippen molar-refractivity contribution in [3.63, 3.8) is 0 Å². The molecule has 4 nitrogen and oxygen atoms in total. The van der Waals surface area contributed by atoms with Crippen molar-refractivity contribution >= 4 is 0 Å². The molecule has 0 saturated heterocycles. The third kappa shape index (κ3) is 5.83.